The van der Waals surface area contributed by atoms with Crippen molar-refractivity contribution in [2.45, 2.75) is 63.6 Å². The summed E-state index contributed by atoms with van der Waals surface area (Å²) in [6.07, 6.45) is 4.46. The maximum Gasteiger partial charge on any atom is 0.319 e. The number of rotatable bonds is 7. The van der Waals surface area contributed by atoms with Crippen LogP contribution in [-0.4, -0.2) is 37.9 Å². The van der Waals surface area contributed by atoms with Crippen LogP contribution in [0, 0.1) is 17.2 Å². The zero-order valence-electron chi connectivity index (χ0n) is 20.5. The predicted octanol–water partition coefficient (Wildman–Crippen LogP) is 5.35. The van der Waals surface area contributed by atoms with E-state index >= 15 is 0 Å². The molecule has 0 aromatic heterocycles. The SMILES string of the molecule is CC(C)NC(=O)Nc1ccc(C2C(C#N)c3ccc(OC4CCOCC4)cc3N2CC2CC2)cc1. The minimum Gasteiger partial charge on any atom is -0.490 e. The molecule has 2 heterocycles. The molecule has 184 valence electrons. The van der Waals surface area contributed by atoms with Gasteiger partial charge in [-0.1, -0.05) is 18.2 Å². The van der Waals surface area contributed by atoms with Crippen LogP contribution in [0.5, 0.6) is 5.75 Å². The molecule has 0 radical (unpaired) electrons. The summed E-state index contributed by atoms with van der Waals surface area (Å²) in [6.45, 7) is 6.28. The average molecular weight is 475 g/mol. The number of amides is 2. The first-order valence-electron chi connectivity index (χ1n) is 12.7. The van der Waals surface area contributed by atoms with Gasteiger partial charge in [0.1, 0.15) is 11.9 Å². The summed E-state index contributed by atoms with van der Waals surface area (Å²) in [5.74, 6) is 1.27. The first-order chi connectivity index (χ1) is 17.0. The smallest absolute Gasteiger partial charge is 0.319 e. The van der Waals surface area contributed by atoms with Gasteiger partial charge in [-0.15, -0.1) is 0 Å². The molecule has 0 spiro atoms. The fourth-order valence-corrected chi connectivity index (χ4v) is 5.09. The number of fused-ring (bicyclic) bond motifs is 1. The second-order valence-electron chi connectivity index (χ2n) is 10.2. The molecule has 2 aromatic carbocycles. The fraction of sp³-hybridized carbons (Fsp3) is 0.500. The molecule has 2 aromatic rings. The number of nitriles is 1. The zero-order valence-corrected chi connectivity index (χ0v) is 20.5. The van der Waals surface area contributed by atoms with Crippen LogP contribution in [0.4, 0.5) is 16.2 Å². The molecular formula is C28H34N4O3. The third-order valence-corrected chi connectivity index (χ3v) is 6.99. The van der Waals surface area contributed by atoms with Gasteiger partial charge in [0, 0.05) is 42.9 Å². The highest BCUT2D eigenvalue weighted by atomic mass is 16.5. The van der Waals surface area contributed by atoms with E-state index in [1.807, 2.05) is 44.2 Å². The number of carbonyl (C=O) groups is 1. The molecule has 0 bridgehead atoms. The Bertz CT molecular complexity index is 1080. The van der Waals surface area contributed by atoms with E-state index in [2.05, 4.69) is 33.7 Å². The molecule has 1 aliphatic carbocycles. The van der Waals surface area contributed by atoms with Crippen LogP contribution in [0.2, 0.25) is 0 Å². The summed E-state index contributed by atoms with van der Waals surface area (Å²) in [7, 11) is 0. The normalized spacial score (nSPS) is 21.9. The largest absolute Gasteiger partial charge is 0.490 e. The molecule has 1 saturated heterocycles. The molecule has 2 fully saturated rings. The Kier molecular flexibility index (Phi) is 6.83. The summed E-state index contributed by atoms with van der Waals surface area (Å²) in [6, 6.07) is 16.5. The van der Waals surface area contributed by atoms with E-state index in [1.54, 1.807) is 0 Å². The maximum absolute atomic E-state index is 12.1. The maximum atomic E-state index is 12.1. The van der Waals surface area contributed by atoms with Crippen LogP contribution in [0.25, 0.3) is 0 Å². The van der Waals surface area contributed by atoms with E-state index in [0.717, 1.165) is 60.9 Å². The van der Waals surface area contributed by atoms with Gasteiger partial charge in [0.2, 0.25) is 0 Å². The minimum absolute atomic E-state index is 0.0625. The molecule has 2 N–H and O–H groups in total. The molecular weight excluding hydrogens is 440 g/mol. The number of benzene rings is 2. The van der Waals surface area contributed by atoms with Crippen molar-refractivity contribution in [1.29, 1.82) is 5.26 Å². The van der Waals surface area contributed by atoms with E-state index in [0.29, 0.717) is 5.92 Å². The summed E-state index contributed by atoms with van der Waals surface area (Å²) in [4.78, 5) is 14.5. The number of hydrogen-bond acceptors (Lipinski definition) is 5. The molecule has 2 aliphatic heterocycles. The molecule has 2 atom stereocenters. The van der Waals surface area contributed by atoms with Crippen LogP contribution in [0.1, 0.15) is 62.6 Å². The van der Waals surface area contributed by atoms with Crippen LogP contribution in [0.15, 0.2) is 42.5 Å². The van der Waals surface area contributed by atoms with Crippen molar-refractivity contribution in [1.82, 2.24) is 5.32 Å². The summed E-state index contributed by atoms with van der Waals surface area (Å²) in [5, 5.41) is 15.9. The van der Waals surface area contributed by atoms with Crippen molar-refractivity contribution in [2.24, 2.45) is 5.92 Å². The molecule has 35 heavy (non-hydrogen) atoms. The van der Waals surface area contributed by atoms with Gasteiger partial charge in [-0.2, -0.15) is 5.26 Å². The monoisotopic (exact) mass is 474 g/mol. The zero-order chi connectivity index (χ0) is 24.4. The molecule has 7 heteroatoms. The first kappa shape index (κ1) is 23.5. The van der Waals surface area contributed by atoms with E-state index in [4.69, 9.17) is 9.47 Å². The Morgan fingerprint density at radius 1 is 1.14 bits per heavy atom. The number of urea groups is 1. The van der Waals surface area contributed by atoms with Crippen molar-refractivity contribution < 1.29 is 14.3 Å². The summed E-state index contributed by atoms with van der Waals surface area (Å²) < 4.78 is 11.8. The number of hydrogen-bond donors (Lipinski definition) is 2. The van der Waals surface area contributed by atoms with Gasteiger partial charge in [-0.05, 0) is 61.9 Å². The highest BCUT2D eigenvalue weighted by molar-refractivity contribution is 5.89. The quantitative estimate of drug-likeness (QED) is 0.565. The molecule has 2 unspecified atom stereocenters. The van der Waals surface area contributed by atoms with Crippen molar-refractivity contribution in [2.75, 3.05) is 30.0 Å². The van der Waals surface area contributed by atoms with Crippen molar-refractivity contribution in [3.8, 4) is 11.8 Å². The van der Waals surface area contributed by atoms with Gasteiger partial charge >= 0.3 is 6.03 Å². The lowest BCUT2D eigenvalue weighted by Crippen LogP contribution is -2.34. The summed E-state index contributed by atoms with van der Waals surface area (Å²) >= 11 is 0. The average Bonchev–Trinajstić information content (AvgIpc) is 3.61. The molecule has 3 aliphatic rings. The number of nitrogens with one attached hydrogen (secondary N) is 2. The van der Waals surface area contributed by atoms with Crippen LogP contribution in [-0.2, 0) is 4.74 Å². The van der Waals surface area contributed by atoms with Gasteiger partial charge in [0.25, 0.3) is 0 Å². The molecule has 1 saturated carbocycles. The number of nitrogens with zero attached hydrogens (tertiary/aromatic N) is 2. The van der Waals surface area contributed by atoms with Gasteiger partial charge in [0.15, 0.2) is 0 Å². The van der Waals surface area contributed by atoms with Crippen LogP contribution >= 0.6 is 0 Å². The third-order valence-electron chi connectivity index (χ3n) is 6.99. The third kappa shape index (κ3) is 5.38. The standard InChI is InChI=1S/C28H34N4O3/c1-18(2)30-28(33)31-21-7-5-20(6-8-21)27-25(16-29)24-10-9-23(35-22-11-13-34-14-12-22)15-26(24)32(27)17-19-3-4-19/h5-10,15,18-19,22,25,27H,3-4,11-14,17H2,1-2H3,(H2,30,31,33). The van der Waals surface area contributed by atoms with Gasteiger partial charge in [-0.3, -0.25) is 0 Å². The van der Waals surface area contributed by atoms with Crippen molar-refractivity contribution >= 4 is 17.4 Å². The highest BCUT2D eigenvalue weighted by Gasteiger charge is 2.42. The second kappa shape index (κ2) is 10.2. The van der Waals surface area contributed by atoms with Gasteiger partial charge in [-0.25, -0.2) is 4.79 Å². The Hall–Kier alpha value is -3.24. The second-order valence-corrected chi connectivity index (χ2v) is 10.2. The minimum atomic E-state index is -0.260. The first-order valence-corrected chi connectivity index (χ1v) is 12.7. The van der Waals surface area contributed by atoms with Crippen molar-refractivity contribution in [3.05, 3.63) is 53.6 Å². The highest BCUT2D eigenvalue weighted by Crippen LogP contribution is 2.51. The number of carbonyl (C=O) groups excluding carboxylic acids is 1. The van der Waals surface area contributed by atoms with Gasteiger partial charge < -0.3 is 25.0 Å². The topological polar surface area (TPSA) is 86.6 Å². The Morgan fingerprint density at radius 3 is 2.54 bits per heavy atom. The molecule has 2 amide bonds. The predicted molar refractivity (Wildman–Crippen MR) is 136 cm³/mol. The summed E-state index contributed by atoms with van der Waals surface area (Å²) in [5.41, 5.74) is 3.99. The van der Waals surface area contributed by atoms with Crippen molar-refractivity contribution in [3.63, 3.8) is 0 Å². The lowest BCUT2D eigenvalue weighted by atomic mass is 9.91. The molecule has 5 rings (SSSR count). The lowest BCUT2D eigenvalue weighted by Gasteiger charge is -2.30. The number of ether oxygens (including phenoxy) is 2. The lowest BCUT2D eigenvalue weighted by molar-refractivity contribution is 0.0256. The fourth-order valence-electron chi connectivity index (χ4n) is 5.09. The molecule has 7 nitrogen and oxygen atoms in total. The van der Waals surface area contributed by atoms with Crippen LogP contribution in [0.3, 0.4) is 0 Å². The van der Waals surface area contributed by atoms with Crippen LogP contribution < -0.4 is 20.3 Å². The van der Waals surface area contributed by atoms with E-state index in [1.165, 1.54) is 12.8 Å². The Morgan fingerprint density at radius 2 is 1.89 bits per heavy atom. The van der Waals surface area contributed by atoms with E-state index < -0.39 is 0 Å². The Balaban J connectivity index is 1.40. The van der Waals surface area contributed by atoms with E-state index in [-0.39, 0.29) is 30.1 Å². The Labute approximate surface area is 207 Å². The number of anilines is 2. The van der Waals surface area contributed by atoms with Gasteiger partial charge in [0.05, 0.1) is 31.2 Å². The van der Waals surface area contributed by atoms with E-state index in [9.17, 15) is 10.1 Å².